The van der Waals surface area contributed by atoms with Gasteiger partial charge in [-0.1, -0.05) is 61.2 Å². The molecule has 1 unspecified atom stereocenters. The molecule has 0 saturated carbocycles. The van der Waals surface area contributed by atoms with Crippen LogP contribution in [-0.2, 0) is 6.54 Å². The van der Waals surface area contributed by atoms with Crippen molar-refractivity contribution in [2.75, 3.05) is 0 Å². The second-order valence-corrected chi connectivity index (χ2v) is 6.34. The molecule has 1 atom stereocenters. The zero-order valence-electron chi connectivity index (χ0n) is 13.3. The van der Waals surface area contributed by atoms with Crippen LogP contribution in [0.1, 0.15) is 25.3 Å². The first kappa shape index (κ1) is 14.6. The van der Waals surface area contributed by atoms with Crippen LogP contribution >= 0.6 is 0 Å². The first-order valence-corrected chi connectivity index (χ1v) is 7.81. The molecule has 0 aliphatic carbocycles. The maximum atomic E-state index is 4.25. The van der Waals surface area contributed by atoms with Gasteiger partial charge in [0.05, 0.1) is 0 Å². The Labute approximate surface area is 133 Å². The summed E-state index contributed by atoms with van der Waals surface area (Å²) in [7, 11) is 0. The molecule has 1 heteroatoms. The van der Waals surface area contributed by atoms with E-state index in [9.17, 15) is 0 Å². The molecule has 3 rings (SSSR count). The van der Waals surface area contributed by atoms with Gasteiger partial charge in [-0.2, -0.15) is 0 Å². The molecule has 1 aliphatic heterocycles. The molecule has 112 valence electrons. The molecule has 1 fully saturated rings. The minimum Gasteiger partial charge on any atom is -0.364 e. The van der Waals surface area contributed by atoms with Crippen molar-refractivity contribution >= 4 is 10.8 Å². The van der Waals surface area contributed by atoms with Gasteiger partial charge in [0.15, 0.2) is 0 Å². The summed E-state index contributed by atoms with van der Waals surface area (Å²) in [5.74, 6) is 0. The second kappa shape index (κ2) is 5.84. The molecule has 0 aromatic heterocycles. The standard InChI is InChI=1S/C21H23N/c1-15(2)12-20-13-16(3)17(4)22(20)14-19-10-7-9-18-8-5-6-11-21(18)19/h5-11,20H,1,3-4,12-14H2,2H3. The van der Waals surface area contributed by atoms with Gasteiger partial charge in [0.25, 0.3) is 0 Å². The molecule has 1 heterocycles. The van der Waals surface area contributed by atoms with Crippen LogP contribution in [0.3, 0.4) is 0 Å². The molecular weight excluding hydrogens is 266 g/mol. The SMILES string of the molecule is C=C(C)CC1CC(=C)C(=C)N1Cc1cccc2ccccc12. The highest BCUT2D eigenvalue weighted by molar-refractivity contribution is 5.85. The number of hydrogen-bond donors (Lipinski definition) is 0. The number of rotatable bonds is 4. The average molecular weight is 289 g/mol. The predicted octanol–water partition coefficient (Wildman–Crippen LogP) is 5.45. The van der Waals surface area contributed by atoms with E-state index >= 15 is 0 Å². The van der Waals surface area contributed by atoms with Gasteiger partial charge in [0.2, 0.25) is 0 Å². The highest BCUT2D eigenvalue weighted by Gasteiger charge is 2.29. The Kier molecular flexibility index (Phi) is 3.89. The van der Waals surface area contributed by atoms with E-state index < -0.39 is 0 Å². The molecule has 1 nitrogen and oxygen atoms in total. The summed E-state index contributed by atoms with van der Waals surface area (Å²) in [4.78, 5) is 2.40. The van der Waals surface area contributed by atoms with Gasteiger partial charge < -0.3 is 4.90 Å². The van der Waals surface area contributed by atoms with Gasteiger partial charge in [-0.05, 0) is 41.7 Å². The minimum atomic E-state index is 0.441. The summed E-state index contributed by atoms with van der Waals surface area (Å²) in [5.41, 5.74) is 4.81. The quantitative estimate of drug-likeness (QED) is 0.676. The highest BCUT2D eigenvalue weighted by Crippen LogP contribution is 2.35. The fraction of sp³-hybridized carbons (Fsp3) is 0.238. The van der Waals surface area contributed by atoms with Gasteiger partial charge in [0.1, 0.15) is 0 Å². The van der Waals surface area contributed by atoms with E-state index in [2.05, 4.69) is 74.0 Å². The molecule has 2 aromatic carbocycles. The normalized spacial score (nSPS) is 18.2. The predicted molar refractivity (Wildman–Crippen MR) is 95.6 cm³/mol. The maximum absolute atomic E-state index is 4.25. The summed E-state index contributed by atoms with van der Waals surface area (Å²) in [6.07, 6.45) is 2.00. The summed E-state index contributed by atoms with van der Waals surface area (Å²) in [6, 6.07) is 15.5. The van der Waals surface area contributed by atoms with Crippen molar-refractivity contribution in [3.63, 3.8) is 0 Å². The van der Waals surface area contributed by atoms with E-state index in [1.165, 1.54) is 21.9 Å². The first-order valence-electron chi connectivity index (χ1n) is 7.81. The second-order valence-electron chi connectivity index (χ2n) is 6.34. The molecular formula is C21H23N. The van der Waals surface area contributed by atoms with Crippen molar-refractivity contribution < 1.29 is 0 Å². The lowest BCUT2D eigenvalue weighted by Crippen LogP contribution is -2.27. The molecule has 1 aliphatic rings. The molecule has 0 radical (unpaired) electrons. The zero-order chi connectivity index (χ0) is 15.7. The van der Waals surface area contributed by atoms with Gasteiger partial charge in [-0.15, -0.1) is 6.58 Å². The van der Waals surface area contributed by atoms with E-state index in [-0.39, 0.29) is 0 Å². The third kappa shape index (κ3) is 2.71. The maximum Gasteiger partial charge on any atom is 0.0438 e. The van der Waals surface area contributed by atoms with Gasteiger partial charge in [-0.3, -0.25) is 0 Å². The Bertz CT molecular complexity index is 748. The smallest absolute Gasteiger partial charge is 0.0438 e. The number of hydrogen-bond acceptors (Lipinski definition) is 1. The molecule has 22 heavy (non-hydrogen) atoms. The first-order chi connectivity index (χ1) is 10.6. The van der Waals surface area contributed by atoms with Crippen molar-refractivity contribution in [1.29, 1.82) is 0 Å². The zero-order valence-corrected chi connectivity index (χ0v) is 13.3. The van der Waals surface area contributed by atoms with Crippen LogP contribution in [0, 0.1) is 0 Å². The Hall–Kier alpha value is -2.28. The number of allylic oxidation sites excluding steroid dienone is 1. The van der Waals surface area contributed by atoms with Crippen molar-refractivity contribution in [3.05, 3.63) is 84.6 Å². The van der Waals surface area contributed by atoms with Crippen LogP contribution < -0.4 is 0 Å². The van der Waals surface area contributed by atoms with Crippen LogP contribution in [0.4, 0.5) is 0 Å². The lowest BCUT2D eigenvalue weighted by Gasteiger charge is -2.28. The molecule has 2 aromatic rings. The molecule has 0 amide bonds. The van der Waals surface area contributed by atoms with Crippen LogP contribution in [-0.4, -0.2) is 10.9 Å². The average Bonchev–Trinajstić information content (AvgIpc) is 2.74. The third-order valence-corrected chi connectivity index (χ3v) is 4.48. The summed E-state index contributed by atoms with van der Waals surface area (Å²) >= 11 is 0. The van der Waals surface area contributed by atoms with Crippen molar-refractivity contribution in [3.8, 4) is 0 Å². The number of likely N-dealkylation sites (tertiary alicyclic amines) is 1. The lowest BCUT2D eigenvalue weighted by atomic mass is 10.0. The molecule has 1 saturated heterocycles. The van der Waals surface area contributed by atoms with Crippen LogP contribution in [0.25, 0.3) is 10.8 Å². The summed E-state index contributed by atoms with van der Waals surface area (Å²) in [5, 5.41) is 2.62. The van der Waals surface area contributed by atoms with Crippen molar-refractivity contribution in [2.45, 2.75) is 32.4 Å². The van der Waals surface area contributed by atoms with Gasteiger partial charge in [-0.25, -0.2) is 0 Å². The Morgan fingerprint density at radius 1 is 1.14 bits per heavy atom. The Morgan fingerprint density at radius 3 is 2.64 bits per heavy atom. The highest BCUT2D eigenvalue weighted by atomic mass is 15.2. The molecule has 0 N–H and O–H groups in total. The van der Waals surface area contributed by atoms with Gasteiger partial charge in [0, 0.05) is 18.3 Å². The number of benzene rings is 2. The number of fused-ring (bicyclic) bond motifs is 1. The van der Waals surface area contributed by atoms with Crippen molar-refractivity contribution in [1.82, 2.24) is 4.90 Å². The van der Waals surface area contributed by atoms with Crippen molar-refractivity contribution in [2.24, 2.45) is 0 Å². The largest absolute Gasteiger partial charge is 0.364 e. The Morgan fingerprint density at radius 2 is 1.86 bits per heavy atom. The van der Waals surface area contributed by atoms with E-state index in [0.717, 1.165) is 30.7 Å². The topological polar surface area (TPSA) is 3.24 Å². The van der Waals surface area contributed by atoms with Crippen LogP contribution in [0.2, 0.25) is 0 Å². The third-order valence-electron chi connectivity index (χ3n) is 4.48. The molecule has 0 spiro atoms. The summed E-state index contributed by atoms with van der Waals surface area (Å²) in [6.45, 7) is 15.5. The van der Waals surface area contributed by atoms with E-state index in [1.807, 2.05) is 0 Å². The Balaban J connectivity index is 1.93. The van der Waals surface area contributed by atoms with E-state index in [0.29, 0.717) is 6.04 Å². The monoisotopic (exact) mass is 289 g/mol. The van der Waals surface area contributed by atoms with Crippen LogP contribution in [0.15, 0.2) is 79.0 Å². The fourth-order valence-corrected chi connectivity index (χ4v) is 3.36. The van der Waals surface area contributed by atoms with E-state index in [1.54, 1.807) is 0 Å². The minimum absolute atomic E-state index is 0.441. The van der Waals surface area contributed by atoms with Crippen LogP contribution in [0.5, 0.6) is 0 Å². The van der Waals surface area contributed by atoms with E-state index in [4.69, 9.17) is 0 Å². The lowest BCUT2D eigenvalue weighted by molar-refractivity contribution is 0.285. The fourth-order valence-electron chi connectivity index (χ4n) is 3.36. The van der Waals surface area contributed by atoms with Gasteiger partial charge >= 0.3 is 0 Å². The number of nitrogens with zero attached hydrogens (tertiary/aromatic N) is 1. The summed E-state index contributed by atoms with van der Waals surface area (Å²) < 4.78 is 0. The molecule has 0 bridgehead atoms.